The number of ether oxygens (including phenoxy) is 2. The van der Waals surface area contributed by atoms with Gasteiger partial charge in [0.2, 0.25) is 0 Å². The number of aryl methyl sites for hydroxylation is 1. The summed E-state index contributed by atoms with van der Waals surface area (Å²) in [6.07, 6.45) is 8.74. The van der Waals surface area contributed by atoms with E-state index in [1.54, 1.807) is 6.08 Å². The molecule has 1 saturated carbocycles. The molecule has 128 valence electrons. The topological polar surface area (TPSA) is 65.7 Å². The number of terminal acetylenes is 1. The molecular weight excluding hydrogens is 308 g/mol. The summed E-state index contributed by atoms with van der Waals surface area (Å²) in [4.78, 5) is 23.5. The molecule has 1 aromatic rings. The molecule has 1 aromatic heterocycles. The van der Waals surface area contributed by atoms with Crippen LogP contribution in [0.4, 0.5) is 0 Å². The van der Waals surface area contributed by atoms with Crippen LogP contribution in [0.25, 0.3) is 0 Å². The Morgan fingerprint density at radius 3 is 2.79 bits per heavy atom. The van der Waals surface area contributed by atoms with Crippen molar-refractivity contribution < 1.29 is 23.5 Å². The highest BCUT2D eigenvalue weighted by molar-refractivity contribution is 5.83. The van der Waals surface area contributed by atoms with E-state index in [9.17, 15) is 9.59 Å². The van der Waals surface area contributed by atoms with Crippen LogP contribution in [0.1, 0.15) is 30.9 Å². The van der Waals surface area contributed by atoms with E-state index in [0.29, 0.717) is 17.9 Å². The first kappa shape index (κ1) is 17.9. The Balaban J connectivity index is 1.94. The van der Waals surface area contributed by atoms with Crippen LogP contribution in [0.3, 0.4) is 0 Å². The second-order valence-electron chi connectivity index (χ2n) is 6.49. The second-order valence-corrected chi connectivity index (χ2v) is 6.49. The first-order valence-electron chi connectivity index (χ1n) is 7.75. The summed E-state index contributed by atoms with van der Waals surface area (Å²) < 4.78 is 15.5. The molecule has 5 nitrogen and oxygen atoms in total. The first-order valence-corrected chi connectivity index (χ1v) is 7.75. The highest BCUT2D eigenvalue weighted by atomic mass is 16.5. The van der Waals surface area contributed by atoms with Gasteiger partial charge < -0.3 is 13.9 Å². The Labute approximate surface area is 142 Å². The summed E-state index contributed by atoms with van der Waals surface area (Å²) in [6.45, 7) is 5.91. The number of hydrogen-bond acceptors (Lipinski definition) is 5. The van der Waals surface area contributed by atoms with Gasteiger partial charge in [-0.2, -0.15) is 0 Å². The molecule has 0 N–H and O–H groups in total. The van der Waals surface area contributed by atoms with Crippen molar-refractivity contribution in [1.82, 2.24) is 0 Å². The van der Waals surface area contributed by atoms with Crippen molar-refractivity contribution >= 4 is 11.9 Å². The van der Waals surface area contributed by atoms with Gasteiger partial charge in [-0.15, -0.1) is 6.42 Å². The summed E-state index contributed by atoms with van der Waals surface area (Å²) in [5, 5.41) is 0. The van der Waals surface area contributed by atoms with Gasteiger partial charge in [0.25, 0.3) is 0 Å². The van der Waals surface area contributed by atoms with Crippen LogP contribution in [0.2, 0.25) is 0 Å². The molecule has 1 aliphatic carbocycles. The monoisotopic (exact) mass is 330 g/mol. The average Bonchev–Trinajstić information content (AvgIpc) is 2.89. The number of carbonyl (C=O) groups excluding carboxylic acids is 2. The molecule has 2 atom stereocenters. The summed E-state index contributed by atoms with van der Waals surface area (Å²) in [7, 11) is 1.32. The van der Waals surface area contributed by atoms with Crippen LogP contribution in [-0.4, -0.2) is 19.0 Å². The molecule has 0 saturated heterocycles. The van der Waals surface area contributed by atoms with E-state index < -0.39 is 5.97 Å². The minimum atomic E-state index is -0.431. The van der Waals surface area contributed by atoms with Gasteiger partial charge in [-0.3, -0.25) is 4.79 Å². The van der Waals surface area contributed by atoms with Crippen LogP contribution in [0.15, 0.2) is 22.6 Å². The number of esters is 2. The van der Waals surface area contributed by atoms with Crippen molar-refractivity contribution in [3.05, 3.63) is 35.3 Å². The largest absolute Gasteiger partial charge is 0.466 e. The van der Waals surface area contributed by atoms with Crippen molar-refractivity contribution in [2.75, 3.05) is 7.11 Å². The highest BCUT2D eigenvalue weighted by Gasteiger charge is 2.61. The lowest BCUT2D eigenvalue weighted by molar-refractivity contribution is -0.147. The van der Waals surface area contributed by atoms with Crippen LogP contribution in [0, 0.1) is 36.5 Å². The zero-order valence-corrected chi connectivity index (χ0v) is 14.4. The molecule has 2 unspecified atom stereocenters. The Kier molecular flexibility index (Phi) is 5.18. The molecule has 1 heterocycles. The fourth-order valence-electron chi connectivity index (χ4n) is 2.89. The van der Waals surface area contributed by atoms with Crippen LogP contribution >= 0.6 is 0 Å². The van der Waals surface area contributed by atoms with Crippen LogP contribution < -0.4 is 0 Å². The van der Waals surface area contributed by atoms with Crippen molar-refractivity contribution in [3.8, 4) is 12.3 Å². The fraction of sp³-hybridized carbons (Fsp3) is 0.474. The van der Waals surface area contributed by atoms with Crippen molar-refractivity contribution in [2.24, 2.45) is 17.3 Å². The predicted octanol–water partition coefficient (Wildman–Crippen LogP) is 2.81. The van der Waals surface area contributed by atoms with Crippen LogP contribution in [-0.2, 0) is 32.1 Å². The number of methoxy groups -OCH3 is 1. The SMILES string of the molecule is C#CCc1cc(COC(=O)C2C(C=CC(=O)OC)C2(C)C)c(C)o1. The van der Waals surface area contributed by atoms with E-state index >= 15 is 0 Å². The van der Waals surface area contributed by atoms with Crippen molar-refractivity contribution in [2.45, 2.75) is 33.8 Å². The maximum Gasteiger partial charge on any atom is 0.330 e. The van der Waals surface area contributed by atoms with Gasteiger partial charge in [0.05, 0.1) is 19.4 Å². The van der Waals surface area contributed by atoms with Crippen LogP contribution in [0.5, 0.6) is 0 Å². The van der Waals surface area contributed by atoms with Gasteiger partial charge in [-0.25, -0.2) is 4.79 Å². The van der Waals surface area contributed by atoms with E-state index in [1.165, 1.54) is 13.2 Å². The molecule has 0 bridgehead atoms. The normalized spacial score (nSPS) is 21.3. The Bertz CT molecular complexity index is 702. The molecule has 24 heavy (non-hydrogen) atoms. The molecule has 0 spiro atoms. The minimum absolute atomic E-state index is 0.0356. The quantitative estimate of drug-likeness (QED) is 0.456. The third kappa shape index (κ3) is 3.70. The standard InChI is InChI=1S/C19H22O5/c1-6-7-14-10-13(12(2)24-14)11-23-18(21)17-15(19(17,3)4)8-9-16(20)22-5/h1,8-10,15,17H,7,11H2,2-5H3. The highest BCUT2D eigenvalue weighted by Crippen LogP contribution is 2.59. The van der Waals surface area contributed by atoms with E-state index in [4.69, 9.17) is 15.6 Å². The molecule has 0 amide bonds. The zero-order valence-electron chi connectivity index (χ0n) is 14.4. The molecule has 1 aliphatic rings. The lowest BCUT2D eigenvalue weighted by atomic mass is 10.1. The van der Waals surface area contributed by atoms with Gasteiger partial charge >= 0.3 is 11.9 Å². The fourth-order valence-corrected chi connectivity index (χ4v) is 2.89. The van der Waals surface area contributed by atoms with Crippen molar-refractivity contribution in [3.63, 3.8) is 0 Å². The summed E-state index contributed by atoms with van der Waals surface area (Å²) in [5.41, 5.74) is 0.579. The minimum Gasteiger partial charge on any atom is -0.466 e. The lowest BCUT2D eigenvalue weighted by Crippen LogP contribution is -2.10. The summed E-state index contributed by atoms with van der Waals surface area (Å²) >= 11 is 0. The Hall–Kier alpha value is -2.48. The average molecular weight is 330 g/mol. The molecule has 0 radical (unpaired) electrons. The number of rotatable bonds is 6. The lowest BCUT2D eigenvalue weighted by Gasteiger charge is -2.04. The number of carbonyl (C=O) groups is 2. The molecule has 0 aliphatic heterocycles. The summed E-state index contributed by atoms with van der Waals surface area (Å²) in [6, 6.07) is 1.81. The van der Waals surface area contributed by atoms with E-state index in [-0.39, 0.29) is 29.8 Å². The molecule has 0 aromatic carbocycles. The van der Waals surface area contributed by atoms with Crippen molar-refractivity contribution in [1.29, 1.82) is 0 Å². The van der Waals surface area contributed by atoms with Gasteiger partial charge in [-0.05, 0) is 24.3 Å². The third-order valence-corrected chi connectivity index (χ3v) is 4.52. The third-order valence-electron chi connectivity index (χ3n) is 4.52. The maximum absolute atomic E-state index is 12.3. The Morgan fingerprint density at radius 1 is 1.46 bits per heavy atom. The number of furan rings is 1. The maximum atomic E-state index is 12.3. The van der Waals surface area contributed by atoms with Gasteiger partial charge in [-0.1, -0.05) is 25.8 Å². The molecule has 1 fully saturated rings. The smallest absolute Gasteiger partial charge is 0.330 e. The van der Waals surface area contributed by atoms with E-state index in [2.05, 4.69) is 10.7 Å². The first-order chi connectivity index (χ1) is 11.3. The van der Waals surface area contributed by atoms with Gasteiger partial charge in [0, 0.05) is 11.6 Å². The summed E-state index contributed by atoms with van der Waals surface area (Å²) in [5.74, 6) is 2.89. The Morgan fingerprint density at radius 2 is 2.17 bits per heavy atom. The molecule has 5 heteroatoms. The van der Waals surface area contributed by atoms with Gasteiger partial charge in [0.15, 0.2) is 0 Å². The van der Waals surface area contributed by atoms with E-state index in [1.807, 2.05) is 26.8 Å². The zero-order chi connectivity index (χ0) is 17.9. The predicted molar refractivity (Wildman–Crippen MR) is 87.7 cm³/mol. The molecule has 2 rings (SSSR count). The van der Waals surface area contributed by atoms with E-state index in [0.717, 1.165) is 5.56 Å². The number of hydrogen-bond donors (Lipinski definition) is 0. The van der Waals surface area contributed by atoms with Gasteiger partial charge in [0.1, 0.15) is 18.1 Å². The molecular formula is C19H22O5. The number of allylic oxidation sites excluding steroid dienone is 1. The second kappa shape index (κ2) is 6.96.